The molecule has 1 N–H and O–H groups in total. The third kappa shape index (κ3) is 2.78. The Morgan fingerprint density at radius 2 is 2.20 bits per heavy atom. The van der Waals surface area contributed by atoms with Crippen LogP contribution >= 0.6 is 34.7 Å². The lowest BCUT2D eigenvalue weighted by Crippen LogP contribution is -2.18. The Morgan fingerprint density at radius 1 is 1.35 bits per heavy atom. The van der Waals surface area contributed by atoms with Crippen LogP contribution in [0.25, 0.3) is 0 Å². The highest BCUT2D eigenvalue weighted by atomic mass is 35.5. The maximum atomic E-state index is 6.19. The van der Waals surface area contributed by atoms with E-state index in [1.807, 2.05) is 41.3 Å². The van der Waals surface area contributed by atoms with Gasteiger partial charge >= 0.3 is 0 Å². The molecule has 2 aromatic rings. The lowest BCUT2D eigenvalue weighted by molar-refractivity contribution is 0.415. The molecule has 0 spiro atoms. The highest BCUT2D eigenvalue weighted by molar-refractivity contribution is 8.01. The van der Waals surface area contributed by atoms with Gasteiger partial charge in [0.05, 0.1) is 22.4 Å². The summed E-state index contributed by atoms with van der Waals surface area (Å²) in [5.41, 5.74) is 2.45. The van der Waals surface area contributed by atoms with Gasteiger partial charge in [-0.15, -0.1) is 23.1 Å². The molecule has 0 aliphatic carbocycles. The monoisotopic (exact) mass is 325 g/mol. The quantitative estimate of drug-likeness (QED) is 0.811. The number of anilines is 1. The summed E-state index contributed by atoms with van der Waals surface area (Å²) in [5, 5.41) is 7.04. The maximum Gasteiger partial charge on any atom is 0.137 e. The number of rotatable bonds is 3. The van der Waals surface area contributed by atoms with Crippen LogP contribution in [0.2, 0.25) is 5.02 Å². The van der Waals surface area contributed by atoms with Crippen LogP contribution < -0.4 is 10.1 Å². The Balaban J connectivity index is 1.83. The van der Waals surface area contributed by atoms with Crippen LogP contribution in [0.4, 0.5) is 5.69 Å². The second-order valence-electron chi connectivity index (χ2n) is 4.87. The van der Waals surface area contributed by atoms with E-state index in [0.717, 1.165) is 12.1 Å². The largest absolute Gasteiger partial charge is 0.495 e. The zero-order valence-electron chi connectivity index (χ0n) is 11.4. The molecule has 2 atom stereocenters. The predicted octanol–water partition coefficient (Wildman–Crippen LogP) is 5.45. The fraction of sp³-hybridized carbons (Fsp3) is 0.333. The normalized spacial score (nSPS) is 21.4. The van der Waals surface area contributed by atoms with Gasteiger partial charge in [-0.05, 0) is 41.6 Å². The minimum Gasteiger partial charge on any atom is -0.495 e. The van der Waals surface area contributed by atoms with E-state index in [1.54, 1.807) is 7.11 Å². The van der Waals surface area contributed by atoms with Crippen molar-refractivity contribution in [2.45, 2.75) is 28.8 Å². The van der Waals surface area contributed by atoms with Crippen LogP contribution in [-0.2, 0) is 0 Å². The summed E-state index contributed by atoms with van der Waals surface area (Å²) in [7, 11) is 1.63. The summed E-state index contributed by atoms with van der Waals surface area (Å²) in [6, 6.07) is 8.43. The summed E-state index contributed by atoms with van der Waals surface area (Å²) in [6.07, 6.45) is 1.12. The van der Waals surface area contributed by atoms with Crippen LogP contribution in [0.15, 0.2) is 33.9 Å². The molecule has 2 heterocycles. The number of fused-ring (bicyclic) bond motifs is 1. The minimum absolute atomic E-state index is 0.358. The van der Waals surface area contributed by atoms with E-state index >= 15 is 0 Å². The third-order valence-corrected chi connectivity index (χ3v) is 6.04. The van der Waals surface area contributed by atoms with Gasteiger partial charge in [0.1, 0.15) is 5.75 Å². The summed E-state index contributed by atoms with van der Waals surface area (Å²) < 4.78 is 6.62. The molecule has 0 fully saturated rings. The van der Waals surface area contributed by atoms with Gasteiger partial charge in [-0.2, -0.15) is 0 Å². The number of halogens is 1. The zero-order chi connectivity index (χ0) is 14.1. The Kier molecular flexibility index (Phi) is 4.15. The Labute approximate surface area is 132 Å². The van der Waals surface area contributed by atoms with Gasteiger partial charge in [-0.25, -0.2) is 0 Å². The van der Waals surface area contributed by atoms with Gasteiger partial charge in [0.25, 0.3) is 0 Å². The predicted molar refractivity (Wildman–Crippen MR) is 88.6 cm³/mol. The number of thioether (sulfide) groups is 1. The SMILES string of the molecule is COc1ccc(NC2C[C@H](C)Sc3sccc32)cc1Cl. The molecule has 1 unspecified atom stereocenters. The van der Waals surface area contributed by atoms with E-state index in [-0.39, 0.29) is 0 Å². The summed E-state index contributed by atoms with van der Waals surface area (Å²) in [6.45, 7) is 2.28. The van der Waals surface area contributed by atoms with Gasteiger partial charge in [0.15, 0.2) is 0 Å². The molecular weight excluding hydrogens is 310 g/mol. The number of methoxy groups -OCH3 is 1. The van der Waals surface area contributed by atoms with Crippen molar-refractivity contribution >= 4 is 40.4 Å². The molecule has 0 saturated carbocycles. The van der Waals surface area contributed by atoms with Gasteiger partial charge in [-0.1, -0.05) is 18.5 Å². The molecule has 0 radical (unpaired) electrons. The standard InChI is InChI=1S/C15H16ClNOS2/c1-9-7-13(11-5-6-19-15(11)20-9)17-10-3-4-14(18-2)12(16)8-10/h3-6,8-9,13,17H,7H2,1-2H3/t9-,13?/m0/s1. The van der Waals surface area contributed by atoms with E-state index in [1.165, 1.54) is 9.77 Å². The van der Waals surface area contributed by atoms with Gasteiger partial charge in [0.2, 0.25) is 0 Å². The lowest BCUT2D eigenvalue weighted by Gasteiger charge is -2.28. The molecule has 20 heavy (non-hydrogen) atoms. The van der Waals surface area contributed by atoms with Crippen molar-refractivity contribution < 1.29 is 4.74 Å². The van der Waals surface area contributed by atoms with Crippen molar-refractivity contribution in [2.75, 3.05) is 12.4 Å². The summed E-state index contributed by atoms with van der Waals surface area (Å²) >= 11 is 9.99. The molecule has 1 aliphatic heterocycles. The molecule has 5 heteroatoms. The fourth-order valence-electron chi connectivity index (χ4n) is 2.44. The first-order valence-corrected chi connectivity index (χ1v) is 8.65. The van der Waals surface area contributed by atoms with Crippen molar-refractivity contribution in [1.29, 1.82) is 0 Å². The van der Waals surface area contributed by atoms with E-state index < -0.39 is 0 Å². The van der Waals surface area contributed by atoms with Crippen LogP contribution in [0.5, 0.6) is 5.75 Å². The van der Waals surface area contributed by atoms with Gasteiger partial charge in [-0.3, -0.25) is 0 Å². The topological polar surface area (TPSA) is 21.3 Å². The molecule has 2 nitrogen and oxygen atoms in total. The number of hydrogen-bond acceptors (Lipinski definition) is 4. The summed E-state index contributed by atoms with van der Waals surface area (Å²) in [5.74, 6) is 0.709. The van der Waals surface area contributed by atoms with Gasteiger partial charge in [0, 0.05) is 10.9 Å². The van der Waals surface area contributed by atoms with Crippen LogP contribution in [0.1, 0.15) is 24.9 Å². The molecule has 3 rings (SSSR count). The Hall–Kier alpha value is -0.840. The number of hydrogen-bond donors (Lipinski definition) is 1. The molecule has 1 aromatic carbocycles. The number of nitrogens with one attached hydrogen (secondary N) is 1. The number of thiophene rings is 1. The molecule has 0 saturated heterocycles. The molecule has 0 bridgehead atoms. The highest BCUT2D eigenvalue weighted by Crippen LogP contribution is 2.45. The average molecular weight is 326 g/mol. The first-order valence-electron chi connectivity index (χ1n) is 6.51. The van der Waals surface area contributed by atoms with Crippen LogP contribution in [0.3, 0.4) is 0 Å². The summed E-state index contributed by atoms with van der Waals surface area (Å²) in [4.78, 5) is 0. The second-order valence-corrected chi connectivity index (χ2v) is 7.90. The molecule has 0 amide bonds. The molecule has 106 valence electrons. The van der Waals surface area contributed by atoms with Crippen molar-refractivity contribution in [1.82, 2.24) is 0 Å². The van der Waals surface area contributed by atoms with Crippen molar-refractivity contribution in [3.63, 3.8) is 0 Å². The van der Waals surface area contributed by atoms with E-state index in [2.05, 4.69) is 23.7 Å². The highest BCUT2D eigenvalue weighted by Gasteiger charge is 2.26. The second kappa shape index (κ2) is 5.88. The van der Waals surface area contributed by atoms with Crippen molar-refractivity contribution in [3.8, 4) is 5.75 Å². The molecule has 1 aliphatic rings. The van der Waals surface area contributed by atoms with Crippen molar-refractivity contribution in [2.24, 2.45) is 0 Å². The smallest absolute Gasteiger partial charge is 0.137 e. The molecule has 1 aromatic heterocycles. The average Bonchev–Trinajstić information content (AvgIpc) is 2.87. The van der Waals surface area contributed by atoms with E-state index in [4.69, 9.17) is 16.3 Å². The first-order chi connectivity index (χ1) is 9.67. The Morgan fingerprint density at radius 3 is 2.95 bits per heavy atom. The van der Waals surface area contributed by atoms with Crippen LogP contribution in [-0.4, -0.2) is 12.4 Å². The maximum absolute atomic E-state index is 6.19. The third-order valence-electron chi connectivity index (χ3n) is 3.40. The minimum atomic E-state index is 0.358. The van der Waals surface area contributed by atoms with E-state index in [9.17, 15) is 0 Å². The van der Waals surface area contributed by atoms with E-state index in [0.29, 0.717) is 22.1 Å². The fourth-order valence-corrected chi connectivity index (χ4v) is 5.27. The number of benzene rings is 1. The van der Waals surface area contributed by atoms with Crippen molar-refractivity contribution in [3.05, 3.63) is 40.2 Å². The molecular formula is C15H16ClNOS2. The first kappa shape index (κ1) is 14.1. The Bertz CT molecular complexity index is 614. The van der Waals surface area contributed by atoms with Crippen LogP contribution in [0, 0.1) is 0 Å². The number of ether oxygens (including phenoxy) is 1. The van der Waals surface area contributed by atoms with Gasteiger partial charge < -0.3 is 10.1 Å². The zero-order valence-corrected chi connectivity index (χ0v) is 13.7. The lowest BCUT2D eigenvalue weighted by atomic mass is 10.0.